The molecular formula is C12H19ClN2S. The standard InChI is InChI=1S/C8H7ClN2S.2C2H6/c1-4-3-12-7-5(2)10-8(9)11-6(4)7;2*1-2/h3H,1-2H3;2*1-2H3. The second kappa shape index (κ2) is 7.58. The number of aromatic nitrogens is 2. The van der Waals surface area contributed by atoms with Gasteiger partial charge in [0.15, 0.2) is 0 Å². The minimum absolute atomic E-state index is 0.335. The van der Waals surface area contributed by atoms with E-state index >= 15 is 0 Å². The van der Waals surface area contributed by atoms with Crippen LogP contribution in [0.25, 0.3) is 10.2 Å². The molecule has 0 spiro atoms. The zero-order chi connectivity index (χ0) is 12.7. The molecule has 90 valence electrons. The van der Waals surface area contributed by atoms with Crippen LogP contribution in [0.2, 0.25) is 5.28 Å². The molecule has 0 saturated carbocycles. The van der Waals surface area contributed by atoms with Gasteiger partial charge in [-0.2, -0.15) is 0 Å². The van der Waals surface area contributed by atoms with Crippen LogP contribution in [0.4, 0.5) is 0 Å². The maximum atomic E-state index is 5.74. The van der Waals surface area contributed by atoms with Gasteiger partial charge in [0.05, 0.1) is 15.9 Å². The van der Waals surface area contributed by atoms with E-state index in [0.717, 1.165) is 15.9 Å². The lowest BCUT2D eigenvalue weighted by atomic mass is 10.3. The number of halogens is 1. The minimum Gasteiger partial charge on any atom is -0.222 e. The van der Waals surface area contributed by atoms with E-state index in [4.69, 9.17) is 11.6 Å². The third kappa shape index (κ3) is 3.42. The van der Waals surface area contributed by atoms with E-state index in [2.05, 4.69) is 15.3 Å². The zero-order valence-corrected chi connectivity index (χ0v) is 12.3. The number of fused-ring (bicyclic) bond motifs is 1. The Bertz CT molecular complexity index is 438. The monoisotopic (exact) mass is 258 g/mol. The fourth-order valence-corrected chi connectivity index (χ4v) is 2.29. The predicted octanol–water partition coefficient (Wildman–Crippen LogP) is 5.01. The molecule has 0 unspecified atom stereocenters. The fraction of sp³-hybridized carbons (Fsp3) is 0.500. The van der Waals surface area contributed by atoms with Crippen LogP contribution in [0.5, 0.6) is 0 Å². The van der Waals surface area contributed by atoms with Crippen molar-refractivity contribution in [3.8, 4) is 0 Å². The zero-order valence-electron chi connectivity index (χ0n) is 10.8. The molecule has 0 bridgehead atoms. The lowest BCUT2D eigenvalue weighted by molar-refractivity contribution is 1.16. The summed E-state index contributed by atoms with van der Waals surface area (Å²) in [5, 5.41) is 2.41. The van der Waals surface area contributed by atoms with Crippen LogP contribution in [-0.2, 0) is 0 Å². The van der Waals surface area contributed by atoms with Crippen LogP contribution in [-0.4, -0.2) is 9.97 Å². The van der Waals surface area contributed by atoms with Crippen LogP contribution in [0.15, 0.2) is 5.38 Å². The van der Waals surface area contributed by atoms with Crippen molar-refractivity contribution in [2.75, 3.05) is 0 Å². The number of thiophene rings is 1. The third-order valence-electron chi connectivity index (χ3n) is 1.73. The van der Waals surface area contributed by atoms with Crippen LogP contribution < -0.4 is 0 Å². The van der Waals surface area contributed by atoms with Crippen molar-refractivity contribution in [2.24, 2.45) is 0 Å². The fourth-order valence-electron chi connectivity index (χ4n) is 1.14. The molecule has 0 aliphatic carbocycles. The Labute approximate surface area is 107 Å². The molecule has 0 saturated heterocycles. The van der Waals surface area contributed by atoms with E-state index in [1.54, 1.807) is 11.3 Å². The van der Waals surface area contributed by atoms with Gasteiger partial charge >= 0.3 is 0 Å². The first-order valence-corrected chi connectivity index (χ1v) is 6.82. The van der Waals surface area contributed by atoms with Gasteiger partial charge in [-0.3, -0.25) is 0 Å². The summed E-state index contributed by atoms with van der Waals surface area (Å²) in [6.45, 7) is 12.0. The number of hydrogen-bond acceptors (Lipinski definition) is 3. The van der Waals surface area contributed by atoms with Gasteiger partial charge in [0.2, 0.25) is 5.28 Å². The summed E-state index contributed by atoms with van der Waals surface area (Å²) in [6, 6.07) is 0. The van der Waals surface area contributed by atoms with Gasteiger partial charge in [-0.1, -0.05) is 27.7 Å². The molecule has 0 amide bonds. The van der Waals surface area contributed by atoms with Crippen molar-refractivity contribution >= 4 is 33.2 Å². The average Bonchev–Trinajstić information content (AvgIpc) is 2.67. The predicted molar refractivity (Wildman–Crippen MR) is 74.6 cm³/mol. The van der Waals surface area contributed by atoms with E-state index in [9.17, 15) is 0 Å². The summed E-state index contributed by atoms with van der Waals surface area (Å²) in [4.78, 5) is 8.24. The maximum Gasteiger partial charge on any atom is 0.223 e. The van der Waals surface area contributed by atoms with Gasteiger partial charge < -0.3 is 0 Å². The first-order valence-electron chi connectivity index (χ1n) is 5.56. The molecule has 2 aromatic heterocycles. The Morgan fingerprint density at radius 3 is 2.19 bits per heavy atom. The molecule has 0 N–H and O–H groups in total. The van der Waals surface area contributed by atoms with Gasteiger partial charge in [-0.05, 0) is 36.4 Å². The quantitative estimate of drug-likeness (QED) is 0.621. The van der Waals surface area contributed by atoms with Crippen LogP contribution in [0.1, 0.15) is 39.0 Å². The Balaban J connectivity index is 0.000000509. The summed E-state index contributed by atoms with van der Waals surface area (Å²) in [6.07, 6.45) is 0. The molecule has 4 heteroatoms. The summed E-state index contributed by atoms with van der Waals surface area (Å²) >= 11 is 7.40. The molecule has 2 nitrogen and oxygen atoms in total. The Morgan fingerprint density at radius 1 is 1.06 bits per heavy atom. The molecule has 0 aliphatic heterocycles. The highest BCUT2D eigenvalue weighted by molar-refractivity contribution is 7.17. The molecule has 0 fully saturated rings. The molecule has 0 atom stereocenters. The number of aryl methyl sites for hydroxylation is 2. The Morgan fingerprint density at radius 2 is 1.62 bits per heavy atom. The van der Waals surface area contributed by atoms with Gasteiger partial charge in [0, 0.05) is 0 Å². The van der Waals surface area contributed by atoms with Crippen molar-refractivity contribution in [1.29, 1.82) is 0 Å². The Hall–Kier alpha value is -0.670. The number of hydrogen-bond donors (Lipinski definition) is 0. The van der Waals surface area contributed by atoms with E-state index in [1.807, 2.05) is 41.5 Å². The first-order chi connectivity index (χ1) is 7.68. The largest absolute Gasteiger partial charge is 0.223 e. The lowest BCUT2D eigenvalue weighted by Crippen LogP contribution is -1.86. The second-order valence-corrected chi connectivity index (χ2v) is 3.89. The summed E-state index contributed by atoms with van der Waals surface area (Å²) < 4.78 is 1.14. The molecule has 0 radical (unpaired) electrons. The van der Waals surface area contributed by atoms with Crippen molar-refractivity contribution in [1.82, 2.24) is 9.97 Å². The third-order valence-corrected chi connectivity index (χ3v) is 3.10. The van der Waals surface area contributed by atoms with Gasteiger partial charge in [0.25, 0.3) is 0 Å². The van der Waals surface area contributed by atoms with Crippen LogP contribution in [0, 0.1) is 13.8 Å². The van der Waals surface area contributed by atoms with E-state index < -0.39 is 0 Å². The van der Waals surface area contributed by atoms with Crippen molar-refractivity contribution in [3.05, 3.63) is 21.9 Å². The topological polar surface area (TPSA) is 25.8 Å². The normalized spacial score (nSPS) is 8.94. The molecule has 2 aromatic rings. The first kappa shape index (κ1) is 15.3. The van der Waals surface area contributed by atoms with Gasteiger partial charge in [0.1, 0.15) is 0 Å². The van der Waals surface area contributed by atoms with Crippen molar-refractivity contribution < 1.29 is 0 Å². The molecule has 0 aromatic carbocycles. The smallest absolute Gasteiger partial charge is 0.222 e. The second-order valence-electron chi connectivity index (χ2n) is 2.67. The van der Waals surface area contributed by atoms with Crippen molar-refractivity contribution in [3.63, 3.8) is 0 Å². The molecule has 0 aliphatic rings. The van der Waals surface area contributed by atoms with Crippen LogP contribution >= 0.6 is 22.9 Å². The lowest BCUT2D eigenvalue weighted by Gasteiger charge is -1.95. The molecule has 2 heterocycles. The molecule has 2 rings (SSSR count). The highest BCUT2D eigenvalue weighted by Gasteiger charge is 2.06. The Kier molecular flexibility index (Phi) is 7.26. The van der Waals surface area contributed by atoms with Gasteiger partial charge in [-0.25, -0.2) is 9.97 Å². The maximum absolute atomic E-state index is 5.74. The summed E-state index contributed by atoms with van der Waals surface area (Å²) in [5.41, 5.74) is 3.11. The molecular weight excluding hydrogens is 240 g/mol. The molecule has 16 heavy (non-hydrogen) atoms. The summed E-state index contributed by atoms with van der Waals surface area (Å²) in [5.74, 6) is 0. The van der Waals surface area contributed by atoms with E-state index in [-0.39, 0.29) is 0 Å². The summed E-state index contributed by atoms with van der Waals surface area (Å²) in [7, 11) is 0. The van der Waals surface area contributed by atoms with E-state index in [1.165, 1.54) is 5.56 Å². The van der Waals surface area contributed by atoms with E-state index in [0.29, 0.717) is 5.28 Å². The van der Waals surface area contributed by atoms with Crippen molar-refractivity contribution in [2.45, 2.75) is 41.5 Å². The van der Waals surface area contributed by atoms with Crippen LogP contribution in [0.3, 0.4) is 0 Å². The number of rotatable bonds is 0. The highest BCUT2D eigenvalue weighted by Crippen LogP contribution is 2.26. The minimum atomic E-state index is 0.335. The average molecular weight is 259 g/mol. The highest BCUT2D eigenvalue weighted by atomic mass is 35.5. The SMILES string of the molecule is CC.CC.Cc1csc2c(C)nc(Cl)nc12. The number of nitrogens with zero attached hydrogens (tertiary/aromatic N) is 2. The van der Waals surface area contributed by atoms with Gasteiger partial charge in [-0.15, -0.1) is 11.3 Å².